The molecular weight excluding hydrogens is 244 g/mol. The molecule has 4 unspecified atom stereocenters. The van der Waals surface area contributed by atoms with Gasteiger partial charge in [-0.2, -0.15) is 0 Å². The normalized spacial score (nSPS) is 31.6. The lowest BCUT2D eigenvalue weighted by molar-refractivity contribution is -0.815. The average molecular weight is 259 g/mol. The Labute approximate surface area is 102 Å². The zero-order chi connectivity index (χ0) is 13.3. The number of aromatic nitrogens is 2. The molecule has 4 atom stereocenters. The Morgan fingerprint density at radius 1 is 1.50 bits per heavy atom. The summed E-state index contributed by atoms with van der Waals surface area (Å²) in [6.07, 6.45) is -2.85. The maximum atomic E-state index is 11.5. The predicted octanol–water partition coefficient (Wildman–Crippen LogP) is -2.72. The highest BCUT2D eigenvalue weighted by atomic mass is 16.6. The molecule has 1 aromatic heterocycles. The van der Waals surface area contributed by atoms with Crippen LogP contribution in [0.1, 0.15) is 6.23 Å². The lowest BCUT2D eigenvalue weighted by atomic mass is 10.1. The summed E-state index contributed by atoms with van der Waals surface area (Å²) in [6, 6.07) is 1.41. The van der Waals surface area contributed by atoms with E-state index in [1.54, 1.807) is 0 Å². The number of hydrogen-bond donors (Lipinski definition) is 4. The van der Waals surface area contributed by atoms with Crippen LogP contribution >= 0.6 is 0 Å². The van der Waals surface area contributed by atoms with Gasteiger partial charge < -0.3 is 24.8 Å². The molecule has 1 aromatic rings. The smallest absolute Gasteiger partial charge is 0.340 e. The first-order chi connectivity index (χ1) is 8.58. The fourth-order valence-electron chi connectivity index (χ4n) is 1.85. The zero-order valence-electron chi connectivity index (χ0n) is 9.68. The van der Waals surface area contributed by atoms with Gasteiger partial charge in [0, 0.05) is 0 Å². The molecule has 100 valence electrons. The zero-order valence-corrected chi connectivity index (χ0v) is 9.68. The van der Waals surface area contributed by atoms with Gasteiger partial charge in [-0.3, -0.25) is 4.79 Å². The molecule has 0 saturated carbocycles. The van der Waals surface area contributed by atoms with Crippen molar-refractivity contribution in [2.45, 2.75) is 24.5 Å². The third-order valence-electron chi connectivity index (χ3n) is 2.85. The first-order valence-corrected chi connectivity index (χ1v) is 5.39. The molecule has 0 aromatic carbocycles. The second-order valence-corrected chi connectivity index (χ2v) is 3.96. The molecule has 0 spiro atoms. The van der Waals surface area contributed by atoms with E-state index in [2.05, 4.69) is 5.10 Å². The molecular formula is C10H15N2O6+. The number of methoxy groups -OCH3 is 1. The number of nitrogens with zero attached hydrogens (tertiary/aromatic N) is 1. The SMILES string of the molecule is COc1cc[n+](C2OC(CO)C(O)C2O)[nH]c1=O. The summed E-state index contributed by atoms with van der Waals surface area (Å²) in [4.78, 5) is 11.5. The molecule has 0 bridgehead atoms. The summed E-state index contributed by atoms with van der Waals surface area (Å²) in [5.41, 5.74) is -0.488. The highest BCUT2D eigenvalue weighted by Gasteiger charge is 2.48. The minimum Gasteiger partial charge on any atom is -0.491 e. The number of aromatic amines is 1. The second-order valence-electron chi connectivity index (χ2n) is 3.96. The van der Waals surface area contributed by atoms with Gasteiger partial charge in [-0.1, -0.05) is 4.68 Å². The van der Waals surface area contributed by atoms with Crippen molar-refractivity contribution in [1.29, 1.82) is 0 Å². The Morgan fingerprint density at radius 2 is 2.22 bits per heavy atom. The first kappa shape index (κ1) is 13.0. The van der Waals surface area contributed by atoms with Crippen molar-refractivity contribution in [1.82, 2.24) is 5.10 Å². The quantitative estimate of drug-likeness (QED) is 0.438. The van der Waals surface area contributed by atoms with Crippen LogP contribution in [0.2, 0.25) is 0 Å². The number of rotatable bonds is 3. The molecule has 18 heavy (non-hydrogen) atoms. The minimum absolute atomic E-state index is 0.123. The van der Waals surface area contributed by atoms with Gasteiger partial charge in [-0.05, 0) is 0 Å². The maximum Gasteiger partial charge on any atom is 0.340 e. The maximum absolute atomic E-state index is 11.5. The number of H-pyrrole nitrogens is 1. The van der Waals surface area contributed by atoms with E-state index < -0.39 is 36.7 Å². The Morgan fingerprint density at radius 3 is 2.72 bits per heavy atom. The topological polar surface area (TPSA) is 116 Å². The third-order valence-corrected chi connectivity index (χ3v) is 2.85. The van der Waals surface area contributed by atoms with E-state index in [4.69, 9.17) is 14.6 Å². The van der Waals surface area contributed by atoms with Gasteiger partial charge in [0.1, 0.15) is 12.2 Å². The van der Waals surface area contributed by atoms with Crippen molar-refractivity contribution in [3.8, 4) is 5.75 Å². The predicted molar refractivity (Wildman–Crippen MR) is 56.8 cm³/mol. The van der Waals surface area contributed by atoms with Crippen molar-refractivity contribution in [3.63, 3.8) is 0 Å². The Kier molecular flexibility index (Phi) is 3.62. The molecule has 2 heterocycles. The van der Waals surface area contributed by atoms with Crippen LogP contribution in [0.3, 0.4) is 0 Å². The summed E-state index contributed by atoms with van der Waals surface area (Å²) >= 11 is 0. The molecule has 2 rings (SSSR count). The van der Waals surface area contributed by atoms with Gasteiger partial charge in [-0.15, -0.1) is 5.10 Å². The first-order valence-electron chi connectivity index (χ1n) is 5.39. The van der Waals surface area contributed by atoms with Crippen LogP contribution in [0, 0.1) is 0 Å². The summed E-state index contributed by atoms with van der Waals surface area (Å²) in [7, 11) is 1.36. The van der Waals surface area contributed by atoms with Crippen molar-refractivity contribution in [2.75, 3.05) is 13.7 Å². The molecule has 0 radical (unpaired) electrons. The van der Waals surface area contributed by atoms with Crippen molar-refractivity contribution < 1.29 is 29.5 Å². The van der Waals surface area contributed by atoms with Crippen LogP contribution in [0.4, 0.5) is 0 Å². The lowest BCUT2D eigenvalue weighted by Crippen LogP contribution is -2.51. The van der Waals surface area contributed by atoms with Gasteiger partial charge in [0.05, 0.1) is 19.8 Å². The van der Waals surface area contributed by atoms with Crippen LogP contribution in [0.15, 0.2) is 17.1 Å². The highest BCUT2D eigenvalue weighted by Crippen LogP contribution is 2.24. The average Bonchev–Trinajstić information content (AvgIpc) is 2.66. The number of ether oxygens (including phenoxy) is 2. The van der Waals surface area contributed by atoms with Crippen LogP contribution in [-0.4, -0.2) is 52.4 Å². The van der Waals surface area contributed by atoms with Crippen molar-refractivity contribution >= 4 is 0 Å². The fraction of sp³-hybridized carbons (Fsp3) is 0.600. The molecule has 1 fully saturated rings. The highest BCUT2D eigenvalue weighted by molar-refractivity contribution is 5.11. The Balaban J connectivity index is 2.27. The number of aliphatic hydroxyl groups is 3. The lowest BCUT2D eigenvalue weighted by Gasteiger charge is -2.09. The summed E-state index contributed by atoms with van der Waals surface area (Å²) in [5.74, 6) is 0.123. The molecule has 0 amide bonds. The summed E-state index contributed by atoms with van der Waals surface area (Å²) in [5, 5.41) is 30.7. The van der Waals surface area contributed by atoms with E-state index >= 15 is 0 Å². The van der Waals surface area contributed by atoms with E-state index in [1.807, 2.05) is 0 Å². The molecule has 1 aliphatic rings. The molecule has 1 saturated heterocycles. The van der Waals surface area contributed by atoms with Crippen molar-refractivity contribution in [2.24, 2.45) is 0 Å². The molecule has 8 nitrogen and oxygen atoms in total. The van der Waals surface area contributed by atoms with Crippen LogP contribution in [0.5, 0.6) is 5.75 Å². The van der Waals surface area contributed by atoms with Gasteiger partial charge in [0.15, 0.2) is 11.9 Å². The van der Waals surface area contributed by atoms with E-state index in [-0.39, 0.29) is 5.75 Å². The van der Waals surface area contributed by atoms with E-state index in [9.17, 15) is 15.0 Å². The second kappa shape index (κ2) is 5.02. The molecule has 1 aliphatic heterocycles. The number of hydrogen-bond acceptors (Lipinski definition) is 6. The van der Waals surface area contributed by atoms with Crippen LogP contribution in [0.25, 0.3) is 0 Å². The minimum atomic E-state index is -1.24. The van der Waals surface area contributed by atoms with Gasteiger partial charge >= 0.3 is 11.8 Å². The van der Waals surface area contributed by atoms with Crippen molar-refractivity contribution in [3.05, 3.63) is 22.6 Å². The third kappa shape index (κ3) is 2.10. The molecule has 8 heteroatoms. The number of aliphatic hydroxyl groups excluding tert-OH is 3. The standard InChI is InChI=1S/C10H14N2O6/c1-17-5-2-3-12(11-9(5)16)10-8(15)7(14)6(4-13)18-10/h2-3,6-8,10,13-15H,4H2,1H3/p+1. The summed E-state index contributed by atoms with van der Waals surface area (Å²) in [6.45, 7) is -0.421. The monoisotopic (exact) mass is 259 g/mol. The van der Waals surface area contributed by atoms with Gasteiger partial charge in [0.25, 0.3) is 0 Å². The van der Waals surface area contributed by atoms with Crippen LogP contribution < -0.4 is 15.0 Å². The van der Waals surface area contributed by atoms with Crippen LogP contribution in [-0.2, 0) is 4.74 Å². The molecule has 0 aliphatic carbocycles. The Bertz CT molecular complexity index is 476. The van der Waals surface area contributed by atoms with Gasteiger partial charge in [-0.25, -0.2) is 0 Å². The fourth-order valence-corrected chi connectivity index (χ4v) is 1.85. The Hall–Kier alpha value is -1.48. The van der Waals surface area contributed by atoms with E-state index in [1.165, 1.54) is 24.1 Å². The number of nitrogens with one attached hydrogen (secondary N) is 1. The van der Waals surface area contributed by atoms with E-state index in [0.717, 1.165) is 0 Å². The summed E-state index contributed by atoms with van der Waals surface area (Å²) < 4.78 is 11.3. The van der Waals surface area contributed by atoms with E-state index in [0.29, 0.717) is 0 Å². The largest absolute Gasteiger partial charge is 0.491 e. The van der Waals surface area contributed by atoms with Gasteiger partial charge in [0.2, 0.25) is 6.20 Å². The molecule has 4 N–H and O–H groups in total.